The zero-order valence-corrected chi connectivity index (χ0v) is 16.2. The van der Waals surface area contributed by atoms with Crippen molar-refractivity contribution in [2.45, 2.75) is 13.5 Å². The fourth-order valence-corrected chi connectivity index (χ4v) is 2.92. The van der Waals surface area contributed by atoms with Crippen molar-refractivity contribution < 1.29 is 18.8 Å². The lowest BCUT2D eigenvalue weighted by Gasteiger charge is -2.33. The summed E-state index contributed by atoms with van der Waals surface area (Å²) in [7, 11) is 0. The van der Waals surface area contributed by atoms with Gasteiger partial charge in [-0.15, -0.1) is 0 Å². The Morgan fingerprint density at radius 3 is 2.38 bits per heavy atom. The fourth-order valence-electron chi connectivity index (χ4n) is 2.92. The second kappa shape index (κ2) is 9.18. The quantitative estimate of drug-likeness (QED) is 0.810. The monoisotopic (exact) mass is 398 g/mol. The summed E-state index contributed by atoms with van der Waals surface area (Å²) in [6.45, 7) is 2.81. The van der Waals surface area contributed by atoms with Crippen LogP contribution in [0.1, 0.15) is 11.1 Å². The number of anilines is 1. The first-order chi connectivity index (χ1) is 13.9. The Bertz CT molecular complexity index is 884. The summed E-state index contributed by atoms with van der Waals surface area (Å²) in [4.78, 5) is 39.6. The molecule has 1 aliphatic rings. The van der Waals surface area contributed by atoms with Crippen LogP contribution in [-0.4, -0.2) is 53.8 Å². The van der Waals surface area contributed by atoms with Gasteiger partial charge in [0.1, 0.15) is 12.4 Å². The molecule has 152 valence electrons. The van der Waals surface area contributed by atoms with E-state index in [1.165, 1.54) is 34.1 Å². The summed E-state index contributed by atoms with van der Waals surface area (Å²) in [5, 5.41) is 5.43. The van der Waals surface area contributed by atoms with Crippen molar-refractivity contribution in [1.29, 1.82) is 0 Å². The summed E-state index contributed by atoms with van der Waals surface area (Å²) < 4.78 is 12.9. The van der Waals surface area contributed by atoms with E-state index >= 15 is 0 Å². The summed E-state index contributed by atoms with van der Waals surface area (Å²) in [6, 6.07) is 12.8. The third kappa shape index (κ3) is 5.78. The lowest BCUT2D eigenvalue weighted by Crippen LogP contribution is -2.55. The van der Waals surface area contributed by atoms with Gasteiger partial charge in [0.2, 0.25) is 11.8 Å². The van der Waals surface area contributed by atoms with Gasteiger partial charge in [0, 0.05) is 25.3 Å². The van der Waals surface area contributed by atoms with Crippen LogP contribution in [-0.2, 0) is 16.1 Å². The molecule has 0 spiro atoms. The Morgan fingerprint density at radius 1 is 1.03 bits per heavy atom. The number of nitrogens with zero attached hydrogens (tertiary/aromatic N) is 2. The molecule has 1 heterocycles. The lowest BCUT2D eigenvalue weighted by atomic mass is 10.1. The van der Waals surface area contributed by atoms with Crippen molar-refractivity contribution in [1.82, 2.24) is 15.1 Å². The molecule has 7 nitrogen and oxygen atoms in total. The molecule has 3 rings (SSSR count). The van der Waals surface area contributed by atoms with Gasteiger partial charge in [-0.1, -0.05) is 29.8 Å². The van der Waals surface area contributed by atoms with Crippen molar-refractivity contribution >= 4 is 23.5 Å². The third-order valence-electron chi connectivity index (χ3n) is 4.65. The van der Waals surface area contributed by atoms with Gasteiger partial charge in [0.15, 0.2) is 0 Å². The van der Waals surface area contributed by atoms with Crippen molar-refractivity contribution in [3.8, 4) is 0 Å². The number of halogens is 1. The Morgan fingerprint density at radius 2 is 1.72 bits per heavy atom. The van der Waals surface area contributed by atoms with Gasteiger partial charge in [-0.05, 0) is 36.8 Å². The Kier molecular flexibility index (Phi) is 6.43. The molecule has 1 saturated heterocycles. The van der Waals surface area contributed by atoms with E-state index in [-0.39, 0.29) is 31.4 Å². The summed E-state index contributed by atoms with van der Waals surface area (Å²) >= 11 is 0. The molecule has 2 aromatic carbocycles. The molecule has 0 saturated carbocycles. The predicted octanol–water partition coefficient (Wildman–Crippen LogP) is 2.13. The zero-order valence-electron chi connectivity index (χ0n) is 16.2. The first kappa shape index (κ1) is 20.3. The summed E-state index contributed by atoms with van der Waals surface area (Å²) in [6.07, 6.45) is 0. The van der Waals surface area contributed by atoms with E-state index in [9.17, 15) is 18.8 Å². The number of urea groups is 1. The Balaban J connectivity index is 1.44. The topological polar surface area (TPSA) is 81.8 Å². The average Bonchev–Trinajstić information content (AvgIpc) is 2.71. The smallest absolute Gasteiger partial charge is 0.322 e. The minimum atomic E-state index is -0.437. The number of benzene rings is 2. The molecule has 4 amide bonds. The van der Waals surface area contributed by atoms with Crippen LogP contribution in [0.25, 0.3) is 0 Å². The number of amides is 4. The van der Waals surface area contributed by atoms with Gasteiger partial charge in [-0.25, -0.2) is 9.18 Å². The maximum Gasteiger partial charge on any atom is 0.322 e. The average molecular weight is 398 g/mol. The van der Waals surface area contributed by atoms with E-state index in [1.54, 1.807) is 0 Å². The van der Waals surface area contributed by atoms with Crippen LogP contribution < -0.4 is 10.6 Å². The van der Waals surface area contributed by atoms with Crippen molar-refractivity contribution in [3.05, 3.63) is 65.5 Å². The molecule has 0 bridgehead atoms. The van der Waals surface area contributed by atoms with Gasteiger partial charge in [0.05, 0.1) is 6.54 Å². The second-order valence-electron chi connectivity index (χ2n) is 6.94. The van der Waals surface area contributed by atoms with Crippen LogP contribution >= 0.6 is 0 Å². The molecule has 1 aliphatic heterocycles. The standard InChI is InChI=1S/C21H23FN4O3/c1-15-2-4-16(5-3-15)12-23-19(27)13-25-10-11-26(14-20(25)28)21(29)24-18-8-6-17(22)7-9-18/h2-9H,10-14H2,1H3,(H,23,27)(H,24,29). The first-order valence-corrected chi connectivity index (χ1v) is 9.32. The molecule has 1 fully saturated rings. The number of rotatable bonds is 5. The van der Waals surface area contributed by atoms with Gasteiger partial charge in [-0.2, -0.15) is 0 Å². The van der Waals surface area contributed by atoms with Crippen molar-refractivity contribution in [2.75, 3.05) is 31.5 Å². The highest BCUT2D eigenvalue weighted by Gasteiger charge is 2.28. The largest absolute Gasteiger partial charge is 0.350 e. The number of aryl methyl sites for hydroxylation is 1. The molecule has 0 atom stereocenters. The molecule has 8 heteroatoms. The highest BCUT2D eigenvalue weighted by Crippen LogP contribution is 2.11. The molecule has 29 heavy (non-hydrogen) atoms. The minimum Gasteiger partial charge on any atom is -0.350 e. The van der Waals surface area contributed by atoms with Gasteiger partial charge >= 0.3 is 6.03 Å². The summed E-state index contributed by atoms with van der Waals surface area (Å²) in [5.74, 6) is -0.938. The maximum absolute atomic E-state index is 12.9. The molecule has 0 unspecified atom stereocenters. The Labute approximate surface area is 168 Å². The van der Waals surface area contributed by atoms with Crippen LogP contribution in [0.5, 0.6) is 0 Å². The zero-order chi connectivity index (χ0) is 20.8. The summed E-state index contributed by atoms with van der Waals surface area (Å²) in [5.41, 5.74) is 2.58. The Hall–Kier alpha value is -3.42. The fraction of sp³-hybridized carbons (Fsp3) is 0.286. The van der Waals surface area contributed by atoms with E-state index in [2.05, 4.69) is 10.6 Å². The number of carbonyl (C=O) groups is 3. The van der Waals surface area contributed by atoms with Crippen LogP contribution in [0, 0.1) is 12.7 Å². The number of piperazine rings is 1. The number of carbonyl (C=O) groups excluding carboxylic acids is 3. The molecular weight excluding hydrogens is 375 g/mol. The minimum absolute atomic E-state index is 0.0435. The van der Waals surface area contributed by atoms with Crippen LogP contribution in [0.15, 0.2) is 48.5 Å². The molecule has 0 aliphatic carbocycles. The molecule has 0 radical (unpaired) electrons. The normalized spacial score (nSPS) is 13.9. The van der Waals surface area contributed by atoms with E-state index in [0.29, 0.717) is 18.8 Å². The van der Waals surface area contributed by atoms with Crippen LogP contribution in [0.2, 0.25) is 0 Å². The van der Waals surface area contributed by atoms with Crippen molar-refractivity contribution in [2.24, 2.45) is 0 Å². The van der Waals surface area contributed by atoms with Crippen LogP contribution in [0.3, 0.4) is 0 Å². The van der Waals surface area contributed by atoms with Crippen molar-refractivity contribution in [3.63, 3.8) is 0 Å². The first-order valence-electron chi connectivity index (χ1n) is 9.32. The molecular formula is C21H23FN4O3. The highest BCUT2D eigenvalue weighted by atomic mass is 19.1. The number of hydrogen-bond donors (Lipinski definition) is 2. The lowest BCUT2D eigenvalue weighted by molar-refractivity contribution is -0.139. The van der Waals surface area contributed by atoms with E-state index in [1.807, 2.05) is 31.2 Å². The van der Waals surface area contributed by atoms with E-state index in [0.717, 1.165) is 11.1 Å². The SMILES string of the molecule is Cc1ccc(CNC(=O)CN2CCN(C(=O)Nc3ccc(F)cc3)CC2=O)cc1. The van der Waals surface area contributed by atoms with Gasteiger partial charge < -0.3 is 20.4 Å². The van der Waals surface area contributed by atoms with E-state index < -0.39 is 11.8 Å². The maximum atomic E-state index is 12.9. The second-order valence-corrected chi connectivity index (χ2v) is 6.94. The highest BCUT2D eigenvalue weighted by molar-refractivity contribution is 5.94. The van der Waals surface area contributed by atoms with Crippen LogP contribution in [0.4, 0.5) is 14.9 Å². The number of nitrogens with one attached hydrogen (secondary N) is 2. The molecule has 2 N–H and O–H groups in total. The van der Waals surface area contributed by atoms with Gasteiger partial charge in [0.25, 0.3) is 0 Å². The molecule has 2 aromatic rings. The van der Waals surface area contributed by atoms with E-state index in [4.69, 9.17) is 0 Å². The number of hydrogen-bond acceptors (Lipinski definition) is 3. The predicted molar refractivity (Wildman–Crippen MR) is 107 cm³/mol. The molecule has 0 aromatic heterocycles. The van der Waals surface area contributed by atoms with Gasteiger partial charge in [-0.3, -0.25) is 9.59 Å². The third-order valence-corrected chi connectivity index (χ3v) is 4.65.